The minimum Gasteiger partial charge on any atom is -0.352 e. The van der Waals surface area contributed by atoms with Crippen LogP contribution in [0.5, 0.6) is 0 Å². The van der Waals surface area contributed by atoms with E-state index in [1.807, 2.05) is 0 Å². The van der Waals surface area contributed by atoms with Gasteiger partial charge >= 0.3 is 12.4 Å². The maximum Gasteiger partial charge on any atom is 0.416 e. The number of halogens is 10. The summed E-state index contributed by atoms with van der Waals surface area (Å²) in [6.45, 7) is -0.930. The van der Waals surface area contributed by atoms with Gasteiger partial charge in [0.1, 0.15) is 0 Å². The Kier molecular flexibility index (Phi) is 13.5. The third kappa shape index (κ3) is 11.6. The van der Waals surface area contributed by atoms with Crippen LogP contribution >= 0.6 is 59.4 Å². The van der Waals surface area contributed by atoms with Crippen molar-refractivity contribution in [2.24, 2.45) is 5.92 Å². The van der Waals surface area contributed by atoms with E-state index in [9.17, 15) is 40.7 Å². The Morgan fingerprint density at radius 2 is 1.09 bits per heavy atom. The van der Waals surface area contributed by atoms with Crippen molar-refractivity contribution in [3.05, 3.63) is 101 Å². The van der Waals surface area contributed by atoms with Crippen LogP contribution in [0.1, 0.15) is 47.1 Å². The first kappa shape index (κ1) is 37.8. The molecule has 0 aliphatic rings. The predicted octanol–water partition coefficient (Wildman–Crippen LogP) is 8.70. The zero-order valence-electron chi connectivity index (χ0n) is 23.5. The molecule has 248 valence electrons. The Balaban J connectivity index is 1.68. The van der Waals surface area contributed by atoms with Gasteiger partial charge in [0.2, 0.25) is 17.7 Å². The zero-order valence-corrected chi connectivity index (χ0v) is 29.0. The zero-order chi connectivity index (χ0) is 34.2. The summed E-state index contributed by atoms with van der Waals surface area (Å²) in [6, 6.07) is 12.0. The molecule has 0 aliphatic heterocycles. The summed E-state index contributed by atoms with van der Waals surface area (Å²) in [5.41, 5.74) is -1.68. The molecular weight excluding hydrogens is 840 g/mol. The van der Waals surface area contributed by atoms with Crippen LogP contribution < -0.4 is 16.0 Å². The number of hydrogen-bond donors (Lipinski definition) is 3. The van der Waals surface area contributed by atoms with Crippen LogP contribution in [0.25, 0.3) is 0 Å². The third-order valence-electron chi connectivity index (χ3n) is 6.70. The topological polar surface area (TPSA) is 87.3 Å². The molecule has 0 saturated carbocycles. The molecule has 0 saturated heterocycles. The lowest BCUT2D eigenvalue weighted by atomic mass is 9.97. The van der Waals surface area contributed by atoms with Crippen LogP contribution in [0.4, 0.5) is 26.3 Å². The number of benzene rings is 3. The van der Waals surface area contributed by atoms with Crippen molar-refractivity contribution < 1.29 is 40.7 Å². The number of hydrogen-bond acceptors (Lipinski definition) is 3. The summed E-state index contributed by atoms with van der Waals surface area (Å²) >= 11 is 15.5. The molecule has 3 aromatic rings. The Morgan fingerprint density at radius 3 is 1.57 bits per heavy atom. The average Bonchev–Trinajstić information content (AvgIpc) is 2.96. The number of carbonyl (C=O) groups excluding carboxylic acids is 3. The molecule has 3 aromatic carbocycles. The number of nitrogens with one attached hydrogen (secondary N) is 3. The van der Waals surface area contributed by atoms with Crippen molar-refractivity contribution in [3.63, 3.8) is 0 Å². The molecular formula is C30H25Br3ClF6N3O3. The Labute approximate surface area is 290 Å². The fourth-order valence-electron chi connectivity index (χ4n) is 4.33. The lowest BCUT2D eigenvalue weighted by molar-refractivity contribution is -0.139. The van der Waals surface area contributed by atoms with E-state index in [1.54, 1.807) is 18.2 Å². The van der Waals surface area contributed by atoms with Gasteiger partial charge in [-0.15, -0.1) is 0 Å². The van der Waals surface area contributed by atoms with Crippen LogP contribution in [0.2, 0.25) is 5.02 Å². The molecule has 46 heavy (non-hydrogen) atoms. The fourth-order valence-corrected chi connectivity index (χ4v) is 5.79. The molecule has 6 nitrogen and oxygen atoms in total. The summed E-state index contributed by atoms with van der Waals surface area (Å²) in [4.78, 5) is 38.6. The van der Waals surface area contributed by atoms with E-state index in [0.29, 0.717) is 15.1 Å². The van der Waals surface area contributed by atoms with Crippen LogP contribution in [-0.4, -0.2) is 17.7 Å². The highest BCUT2D eigenvalue weighted by molar-refractivity contribution is 9.11. The lowest BCUT2D eigenvalue weighted by Crippen LogP contribution is -2.36. The van der Waals surface area contributed by atoms with Gasteiger partial charge in [-0.3, -0.25) is 14.4 Å². The summed E-state index contributed by atoms with van der Waals surface area (Å²) in [7, 11) is 0. The molecule has 3 N–H and O–H groups in total. The molecule has 0 spiro atoms. The second-order valence-corrected chi connectivity index (χ2v) is 13.2. The van der Waals surface area contributed by atoms with E-state index in [0.717, 1.165) is 12.1 Å². The van der Waals surface area contributed by atoms with Crippen LogP contribution in [-0.2, 0) is 46.4 Å². The molecule has 0 fully saturated rings. The van der Waals surface area contributed by atoms with Gasteiger partial charge in [0.05, 0.1) is 11.1 Å². The third-order valence-corrected chi connectivity index (χ3v) is 8.53. The summed E-state index contributed by atoms with van der Waals surface area (Å²) in [6.07, 6.45) is -10.3. The van der Waals surface area contributed by atoms with Crippen LogP contribution in [0.3, 0.4) is 0 Å². The van der Waals surface area contributed by atoms with E-state index in [4.69, 9.17) is 11.6 Å². The average molecular weight is 865 g/mol. The van der Waals surface area contributed by atoms with Crippen molar-refractivity contribution in [2.45, 2.75) is 51.2 Å². The molecule has 0 heterocycles. The first-order valence-electron chi connectivity index (χ1n) is 13.4. The quantitative estimate of drug-likeness (QED) is 0.159. The second kappa shape index (κ2) is 16.5. The second-order valence-electron chi connectivity index (χ2n) is 10.0. The molecule has 3 amide bonds. The first-order valence-corrected chi connectivity index (χ1v) is 16.2. The van der Waals surface area contributed by atoms with E-state index >= 15 is 0 Å². The number of alkyl halides is 6. The molecule has 1 unspecified atom stereocenters. The van der Waals surface area contributed by atoms with Gasteiger partial charge in [-0.25, -0.2) is 0 Å². The minimum absolute atomic E-state index is 0.0209. The van der Waals surface area contributed by atoms with Gasteiger partial charge in [-0.05, 0) is 59.5 Å². The van der Waals surface area contributed by atoms with Crippen LogP contribution in [0.15, 0.2) is 68.0 Å². The summed E-state index contributed by atoms with van der Waals surface area (Å²) in [5, 5.41) is 7.80. The molecule has 0 radical (unpaired) electrons. The van der Waals surface area contributed by atoms with Gasteiger partial charge in [-0.1, -0.05) is 77.6 Å². The Hall–Kier alpha value is -2.62. The number of carbonyl (C=O) groups is 3. The molecule has 0 aromatic heterocycles. The van der Waals surface area contributed by atoms with Gasteiger partial charge in [0, 0.05) is 56.8 Å². The molecule has 0 bridgehead atoms. The lowest BCUT2D eigenvalue weighted by Gasteiger charge is -2.18. The van der Waals surface area contributed by atoms with E-state index < -0.39 is 66.6 Å². The van der Waals surface area contributed by atoms with E-state index in [-0.39, 0.29) is 39.5 Å². The smallest absolute Gasteiger partial charge is 0.352 e. The number of rotatable bonds is 12. The minimum atomic E-state index is -4.68. The van der Waals surface area contributed by atoms with Crippen molar-refractivity contribution in [2.75, 3.05) is 0 Å². The largest absolute Gasteiger partial charge is 0.416 e. The first-order chi connectivity index (χ1) is 21.4. The highest BCUT2D eigenvalue weighted by atomic mass is 79.9. The predicted molar refractivity (Wildman–Crippen MR) is 170 cm³/mol. The highest BCUT2D eigenvalue weighted by Gasteiger charge is 2.34. The monoisotopic (exact) mass is 861 g/mol. The van der Waals surface area contributed by atoms with Gasteiger partial charge in [0.25, 0.3) is 0 Å². The molecule has 0 aliphatic carbocycles. The normalized spacial score (nSPS) is 12.4. The standard InChI is InChI=1S/C30H25Br3ClF6N3O3/c31-20-5-1-17(23(10-20)29(35,36)37)13-41-26(44)8-4-16(28(46)43-15-19-3-7-22(33)12-25(19)34)9-27(45)42-14-18-2-6-21(32)11-24(18)30(38,39)40/h1-3,5-7,10-12,16H,4,8-9,13-15H2,(H,41,44)(H,42,45)(H,43,46). The van der Waals surface area contributed by atoms with Gasteiger partial charge < -0.3 is 16.0 Å². The molecule has 16 heteroatoms. The van der Waals surface area contributed by atoms with Crippen molar-refractivity contribution in [3.8, 4) is 0 Å². The van der Waals surface area contributed by atoms with Crippen molar-refractivity contribution in [1.82, 2.24) is 16.0 Å². The van der Waals surface area contributed by atoms with Crippen molar-refractivity contribution >= 4 is 77.1 Å². The van der Waals surface area contributed by atoms with Crippen molar-refractivity contribution in [1.29, 1.82) is 0 Å². The van der Waals surface area contributed by atoms with E-state index in [2.05, 4.69) is 63.7 Å². The fraction of sp³-hybridized carbons (Fsp3) is 0.300. The molecule has 3 rings (SSSR count). The summed E-state index contributed by atoms with van der Waals surface area (Å²) in [5.74, 6) is -3.16. The Bertz CT molecular complexity index is 1590. The van der Waals surface area contributed by atoms with Gasteiger partial charge in [0.15, 0.2) is 0 Å². The van der Waals surface area contributed by atoms with Gasteiger partial charge in [-0.2, -0.15) is 26.3 Å². The Morgan fingerprint density at radius 1 is 0.652 bits per heavy atom. The number of amides is 3. The SMILES string of the molecule is O=C(CCC(CC(=O)NCc1ccc(Br)cc1C(F)(F)F)C(=O)NCc1ccc(Br)cc1Cl)NCc1ccc(Br)cc1C(F)(F)F. The maximum absolute atomic E-state index is 13.5. The molecule has 1 atom stereocenters. The van der Waals surface area contributed by atoms with E-state index in [1.165, 1.54) is 24.3 Å². The maximum atomic E-state index is 13.5. The summed E-state index contributed by atoms with van der Waals surface area (Å²) < 4.78 is 81.9. The highest BCUT2D eigenvalue weighted by Crippen LogP contribution is 2.35. The van der Waals surface area contributed by atoms with Crippen LogP contribution in [0, 0.1) is 5.92 Å².